The highest BCUT2D eigenvalue weighted by Crippen LogP contribution is 2.29. The minimum Gasteiger partial charge on any atom is -0.353 e. The van der Waals surface area contributed by atoms with Crippen LogP contribution in [0.5, 0.6) is 0 Å². The Hall–Kier alpha value is -1.67. The van der Waals surface area contributed by atoms with Crippen molar-refractivity contribution >= 4 is 11.5 Å². The second-order valence-corrected chi connectivity index (χ2v) is 5.15. The van der Waals surface area contributed by atoms with Gasteiger partial charge < -0.3 is 10.2 Å². The molecule has 1 aromatic heterocycles. The van der Waals surface area contributed by atoms with E-state index in [4.69, 9.17) is 0 Å². The Morgan fingerprint density at radius 3 is 2.70 bits per heavy atom. The molecule has 8 heteroatoms. The fourth-order valence-corrected chi connectivity index (χ4v) is 2.61. The SMILES string of the molecule is Cc1nn(C)c(N(C)CCN2CCNCC2)c1[N+](=O)[O-]. The second-order valence-electron chi connectivity index (χ2n) is 5.15. The van der Waals surface area contributed by atoms with Crippen molar-refractivity contribution in [1.29, 1.82) is 0 Å². The van der Waals surface area contributed by atoms with Crippen LogP contribution in [-0.2, 0) is 7.05 Å². The summed E-state index contributed by atoms with van der Waals surface area (Å²) in [5, 5.41) is 18.6. The van der Waals surface area contributed by atoms with Crippen molar-refractivity contribution < 1.29 is 4.92 Å². The summed E-state index contributed by atoms with van der Waals surface area (Å²) in [5.41, 5.74) is 0.567. The van der Waals surface area contributed by atoms with Gasteiger partial charge in [0.2, 0.25) is 5.82 Å². The molecule has 0 unspecified atom stereocenters. The molecule has 1 N–H and O–H groups in total. The third kappa shape index (κ3) is 3.07. The molecule has 0 spiro atoms. The van der Waals surface area contributed by atoms with Crippen molar-refractivity contribution in [3.63, 3.8) is 0 Å². The van der Waals surface area contributed by atoms with E-state index in [-0.39, 0.29) is 10.6 Å². The normalized spacial score (nSPS) is 16.4. The Labute approximate surface area is 118 Å². The molecule has 0 atom stereocenters. The molecule has 0 radical (unpaired) electrons. The van der Waals surface area contributed by atoms with Crippen LogP contribution in [0.15, 0.2) is 0 Å². The number of rotatable bonds is 5. The first-order chi connectivity index (χ1) is 9.50. The van der Waals surface area contributed by atoms with Gasteiger partial charge in [-0.1, -0.05) is 0 Å². The van der Waals surface area contributed by atoms with E-state index < -0.39 is 0 Å². The van der Waals surface area contributed by atoms with Crippen molar-refractivity contribution in [1.82, 2.24) is 20.0 Å². The van der Waals surface area contributed by atoms with Crippen LogP contribution in [-0.4, -0.2) is 65.9 Å². The van der Waals surface area contributed by atoms with Gasteiger partial charge in [0.25, 0.3) is 0 Å². The fraction of sp³-hybridized carbons (Fsp3) is 0.750. The number of aromatic nitrogens is 2. The number of nitro groups is 1. The van der Waals surface area contributed by atoms with Crippen LogP contribution in [0.3, 0.4) is 0 Å². The molecule has 0 aliphatic carbocycles. The zero-order valence-electron chi connectivity index (χ0n) is 12.3. The molecule has 0 aromatic carbocycles. The highest BCUT2D eigenvalue weighted by molar-refractivity contribution is 5.60. The average Bonchev–Trinajstić information content (AvgIpc) is 2.72. The summed E-state index contributed by atoms with van der Waals surface area (Å²) >= 11 is 0. The number of nitrogens with zero attached hydrogens (tertiary/aromatic N) is 5. The van der Waals surface area contributed by atoms with Gasteiger partial charge in [-0.15, -0.1) is 0 Å². The minimum atomic E-state index is -0.348. The first kappa shape index (κ1) is 14.7. The largest absolute Gasteiger partial charge is 0.353 e. The van der Waals surface area contributed by atoms with Gasteiger partial charge in [-0.2, -0.15) is 5.10 Å². The second kappa shape index (κ2) is 6.19. The monoisotopic (exact) mass is 282 g/mol. The van der Waals surface area contributed by atoms with Crippen molar-refractivity contribution in [3.8, 4) is 0 Å². The molecule has 8 nitrogen and oxygen atoms in total. The summed E-state index contributed by atoms with van der Waals surface area (Å²) < 4.78 is 1.59. The van der Waals surface area contributed by atoms with Gasteiger partial charge in [-0.25, -0.2) is 4.68 Å². The van der Waals surface area contributed by atoms with Gasteiger partial charge in [0.05, 0.1) is 4.92 Å². The van der Waals surface area contributed by atoms with Crippen LogP contribution in [0.25, 0.3) is 0 Å². The van der Waals surface area contributed by atoms with Gasteiger partial charge in [-0.3, -0.25) is 15.0 Å². The first-order valence-electron chi connectivity index (χ1n) is 6.83. The molecular formula is C12H22N6O2. The number of likely N-dealkylation sites (N-methyl/N-ethyl adjacent to an activating group) is 1. The van der Waals surface area contributed by atoms with Crippen LogP contribution in [0.1, 0.15) is 5.69 Å². The van der Waals surface area contributed by atoms with E-state index in [0.717, 1.165) is 39.3 Å². The molecular weight excluding hydrogens is 260 g/mol. The van der Waals surface area contributed by atoms with Gasteiger partial charge in [0, 0.05) is 53.4 Å². The number of hydrogen-bond donors (Lipinski definition) is 1. The number of aryl methyl sites for hydroxylation is 2. The van der Waals surface area contributed by atoms with Crippen LogP contribution in [0.2, 0.25) is 0 Å². The van der Waals surface area contributed by atoms with E-state index in [0.29, 0.717) is 11.5 Å². The predicted molar refractivity (Wildman–Crippen MR) is 77.2 cm³/mol. The standard InChI is InChI=1S/C12H22N6O2/c1-10-11(18(19)20)12(16(3)14-10)15(2)8-9-17-6-4-13-5-7-17/h13H,4-9H2,1-3H3. The van der Waals surface area contributed by atoms with Crippen molar-refractivity contribution in [2.75, 3.05) is 51.2 Å². The molecule has 20 heavy (non-hydrogen) atoms. The maximum atomic E-state index is 11.2. The summed E-state index contributed by atoms with van der Waals surface area (Å²) in [6.07, 6.45) is 0. The number of anilines is 1. The first-order valence-corrected chi connectivity index (χ1v) is 6.83. The topological polar surface area (TPSA) is 79.5 Å². The van der Waals surface area contributed by atoms with Gasteiger partial charge >= 0.3 is 5.69 Å². The highest BCUT2D eigenvalue weighted by atomic mass is 16.6. The maximum Gasteiger partial charge on any atom is 0.333 e. The lowest BCUT2D eigenvalue weighted by atomic mass is 10.3. The molecule has 0 saturated carbocycles. The van der Waals surface area contributed by atoms with E-state index in [1.54, 1.807) is 18.7 Å². The van der Waals surface area contributed by atoms with Crippen molar-refractivity contribution in [2.45, 2.75) is 6.92 Å². The lowest BCUT2D eigenvalue weighted by Gasteiger charge is -2.29. The Morgan fingerprint density at radius 2 is 2.10 bits per heavy atom. The zero-order valence-corrected chi connectivity index (χ0v) is 12.3. The number of piperazine rings is 1. The molecule has 1 aromatic rings. The number of nitrogens with one attached hydrogen (secondary N) is 1. The van der Waals surface area contributed by atoms with E-state index in [1.165, 1.54) is 0 Å². The quantitative estimate of drug-likeness (QED) is 0.604. The van der Waals surface area contributed by atoms with E-state index in [1.807, 2.05) is 11.9 Å². The molecule has 1 aliphatic rings. The lowest BCUT2D eigenvalue weighted by molar-refractivity contribution is -0.384. The molecule has 2 rings (SSSR count). The summed E-state index contributed by atoms with van der Waals surface area (Å²) in [7, 11) is 3.63. The summed E-state index contributed by atoms with van der Waals surface area (Å²) in [5.74, 6) is 0.572. The Balaban J connectivity index is 2.04. The molecule has 2 heterocycles. The minimum absolute atomic E-state index is 0.107. The molecule has 112 valence electrons. The highest BCUT2D eigenvalue weighted by Gasteiger charge is 2.26. The van der Waals surface area contributed by atoms with Gasteiger partial charge in [0.15, 0.2) is 0 Å². The van der Waals surface area contributed by atoms with Crippen LogP contribution < -0.4 is 10.2 Å². The molecule has 0 bridgehead atoms. The zero-order chi connectivity index (χ0) is 14.7. The Morgan fingerprint density at radius 1 is 1.45 bits per heavy atom. The summed E-state index contributed by atoms with van der Waals surface area (Å²) in [4.78, 5) is 15.1. The maximum absolute atomic E-state index is 11.2. The third-order valence-electron chi connectivity index (χ3n) is 3.67. The fourth-order valence-electron chi connectivity index (χ4n) is 2.61. The van der Waals surface area contributed by atoms with Crippen LogP contribution in [0.4, 0.5) is 11.5 Å². The summed E-state index contributed by atoms with van der Waals surface area (Å²) in [6.45, 7) is 7.40. The van der Waals surface area contributed by atoms with E-state index in [9.17, 15) is 10.1 Å². The van der Waals surface area contributed by atoms with Crippen molar-refractivity contribution in [2.24, 2.45) is 7.05 Å². The smallest absolute Gasteiger partial charge is 0.333 e. The third-order valence-corrected chi connectivity index (χ3v) is 3.67. The van der Waals surface area contributed by atoms with Crippen LogP contribution in [0, 0.1) is 17.0 Å². The molecule has 0 amide bonds. The Kier molecular flexibility index (Phi) is 4.56. The molecule has 1 saturated heterocycles. The number of hydrogen-bond acceptors (Lipinski definition) is 6. The van der Waals surface area contributed by atoms with E-state index in [2.05, 4.69) is 15.3 Å². The van der Waals surface area contributed by atoms with E-state index >= 15 is 0 Å². The van der Waals surface area contributed by atoms with Crippen LogP contribution >= 0.6 is 0 Å². The lowest BCUT2D eigenvalue weighted by Crippen LogP contribution is -2.46. The van der Waals surface area contributed by atoms with Gasteiger partial charge in [-0.05, 0) is 6.92 Å². The molecule has 1 fully saturated rings. The van der Waals surface area contributed by atoms with Gasteiger partial charge in [0.1, 0.15) is 5.69 Å². The Bertz CT molecular complexity index is 481. The molecule has 1 aliphatic heterocycles. The predicted octanol–water partition coefficient (Wildman–Crippen LogP) is -0.0219. The average molecular weight is 282 g/mol. The summed E-state index contributed by atoms with van der Waals surface area (Å²) in [6, 6.07) is 0. The van der Waals surface area contributed by atoms with Crippen molar-refractivity contribution in [3.05, 3.63) is 15.8 Å².